The van der Waals surface area contributed by atoms with Crippen molar-refractivity contribution >= 4 is 23.3 Å². The molecule has 5 nitrogen and oxygen atoms in total. The number of benzene rings is 1. The van der Waals surface area contributed by atoms with E-state index >= 15 is 0 Å². The summed E-state index contributed by atoms with van der Waals surface area (Å²) >= 11 is 5.94. The molecule has 1 aromatic carbocycles. The van der Waals surface area contributed by atoms with Gasteiger partial charge in [-0.3, -0.25) is 4.79 Å². The third-order valence-electron chi connectivity index (χ3n) is 2.62. The Kier molecular flexibility index (Phi) is 4.97. The zero-order valence-corrected chi connectivity index (χ0v) is 11.0. The summed E-state index contributed by atoms with van der Waals surface area (Å²) in [5.41, 5.74) is 6.81. The van der Waals surface area contributed by atoms with Crippen LogP contribution in [0.25, 0.3) is 0 Å². The van der Waals surface area contributed by atoms with Crippen molar-refractivity contribution in [2.24, 2.45) is 16.8 Å². The van der Waals surface area contributed by atoms with Crippen molar-refractivity contribution < 1.29 is 10.0 Å². The van der Waals surface area contributed by atoms with Gasteiger partial charge < -0.3 is 16.3 Å². The second-order valence-electron chi connectivity index (χ2n) is 4.10. The predicted molar refractivity (Wildman–Crippen MR) is 71.1 cm³/mol. The van der Waals surface area contributed by atoms with Crippen LogP contribution in [-0.4, -0.2) is 23.5 Å². The molecule has 1 rings (SSSR count). The van der Waals surface area contributed by atoms with Crippen molar-refractivity contribution in [2.75, 3.05) is 6.54 Å². The van der Waals surface area contributed by atoms with Crippen LogP contribution < -0.4 is 11.1 Å². The molecule has 1 unspecified atom stereocenters. The van der Waals surface area contributed by atoms with E-state index in [-0.39, 0.29) is 17.7 Å². The van der Waals surface area contributed by atoms with Crippen molar-refractivity contribution in [3.8, 4) is 0 Å². The number of hydrogen-bond donors (Lipinski definition) is 3. The highest BCUT2D eigenvalue weighted by atomic mass is 35.5. The minimum atomic E-state index is -0.241. The maximum atomic E-state index is 11.8. The van der Waals surface area contributed by atoms with Gasteiger partial charge in [0.2, 0.25) is 0 Å². The Balaban J connectivity index is 2.63. The van der Waals surface area contributed by atoms with Crippen LogP contribution in [0.15, 0.2) is 23.4 Å². The fourth-order valence-corrected chi connectivity index (χ4v) is 1.47. The van der Waals surface area contributed by atoms with E-state index < -0.39 is 0 Å². The van der Waals surface area contributed by atoms with Gasteiger partial charge in [-0.2, -0.15) is 0 Å². The molecule has 0 saturated heterocycles. The molecule has 98 valence electrons. The molecule has 0 heterocycles. The summed E-state index contributed by atoms with van der Waals surface area (Å²) in [6, 6.07) is 5.09. The first kappa shape index (κ1) is 14.3. The normalized spacial score (nSPS) is 13.2. The molecular weight excluding hydrogens is 254 g/mol. The fraction of sp³-hybridized carbons (Fsp3) is 0.333. The summed E-state index contributed by atoms with van der Waals surface area (Å²) in [6.07, 6.45) is 0. The highest BCUT2D eigenvalue weighted by Crippen LogP contribution is 2.16. The van der Waals surface area contributed by atoms with Gasteiger partial charge in [0.1, 0.15) is 5.84 Å². The van der Waals surface area contributed by atoms with Gasteiger partial charge in [0.25, 0.3) is 5.91 Å². The topological polar surface area (TPSA) is 87.7 Å². The first-order chi connectivity index (χ1) is 8.45. The number of carbonyl (C=O) groups excluding carboxylic acids is 1. The Morgan fingerprint density at radius 2 is 2.28 bits per heavy atom. The van der Waals surface area contributed by atoms with E-state index in [4.69, 9.17) is 22.5 Å². The van der Waals surface area contributed by atoms with E-state index in [2.05, 4.69) is 10.5 Å². The highest BCUT2D eigenvalue weighted by molar-refractivity contribution is 6.31. The van der Waals surface area contributed by atoms with Gasteiger partial charge in [0.05, 0.1) is 0 Å². The summed E-state index contributed by atoms with van der Waals surface area (Å²) in [7, 11) is 0. The van der Waals surface area contributed by atoms with Crippen molar-refractivity contribution in [3.05, 3.63) is 34.3 Å². The minimum Gasteiger partial charge on any atom is -0.409 e. The van der Waals surface area contributed by atoms with Crippen LogP contribution in [0.4, 0.5) is 0 Å². The Bertz CT molecular complexity index is 474. The van der Waals surface area contributed by atoms with Crippen LogP contribution in [0.2, 0.25) is 5.02 Å². The van der Waals surface area contributed by atoms with Gasteiger partial charge in [-0.25, -0.2) is 0 Å². The second kappa shape index (κ2) is 6.26. The molecule has 0 bridgehead atoms. The molecule has 0 spiro atoms. The molecular formula is C12H16ClN3O2. The lowest BCUT2D eigenvalue weighted by Crippen LogP contribution is -2.34. The molecule has 0 saturated carbocycles. The van der Waals surface area contributed by atoms with Crippen LogP contribution in [0.3, 0.4) is 0 Å². The summed E-state index contributed by atoms with van der Waals surface area (Å²) in [5, 5.41) is 14.6. The van der Waals surface area contributed by atoms with Gasteiger partial charge in [-0.1, -0.05) is 29.7 Å². The maximum absolute atomic E-state index is 11.8. The third-order valence-corrected chi connectivity index (χ3v) is 3.03. The Labute approximate surface area is 111 Å². The average Bonchev–Trinajstić information content (AvgIpc) is 2.37. The molecule has 1 atom stereocenters. The third kappa shape index (κ3) is 3.63. The Hall–Kier alpha value is -1.75. The molecule has 0 aliphatic heterocycles. The molecule has 0 radical (unpaired) electrons. The molecule has 6 heteroatoms. The maximum Gasteiger partial charge on any atom is 0.251 e. The smallest absolute Gasteiger partial charge is 0.251 e. The van der Waals surface area contributed by atoms with Gasteiger partial charge >= 0.3 is 0 Å². The van der Waals surface area contributed by atoms with Crippen molar-refractivity contribution in [2.45, 2.75) is 13.8 Å². The number of amides is 1. The quantitative estimate of drug-likeness (QED) is 0.337. The summed E-state index contributed by atoms with van der Waals surface area (Å²) < 4.78 is 0. The molecule has 0 aromatic heterocycles. The minimum absolute atomic E-state index is 0.0808. The van der Waals surface area contributed by atoms with Crippen LogP contribution in [0.5, 0.6) is 0 Å². The fourth-order valence-electron chi connectivity index (χ4n) is 1.29. The number of amidine groups is 1. The molecule has 1 aromatic rings. The van der Waals surface area contributed by atoms with E-state index in [0.29, 0.717) is 17.1 Å². The van der Waals surface area contributed by atoms with Gasteiger partial charge in [0, 0.05) is 23.0 Å². The van der Waals surface area contributed by atoms with Gasteiger partial charge in [-0.05, 0) is 24.6 Å². The first-order valence-corrected chi connectivity index (χ1v) is 5.85. The molecule has 0 aliphatic carbocycles. The summed E-state index contributed by atoms with van der Waals surface area (Å²) in [6.45, 7) is 3.90. The van der Waals surface area contributed by atoms with E-state index in [1.165, 1.54) is 0 Å². The van der Waals surface area contributed by atoms with E-state index in [1.807, 2.05) is 6.92 Å². The second-order valence-corrected chi connectivity index (χ2v) is 4.51. The number of carbonyl (C=O) groups is 1. The first-order valence-electron chi connectivity index (χ1n) is 5.47. The standard InChI is InChI=1S/C12H16ClN3O2/c1-7-3-4-9(5-10(7)13)12(17)15-6-8(2)11(14)16-18/h3-5,8,18H,6H2,1-2H3,(H2,14,16)(H,15,17). The summed E-state index contributed by atoms with van der Waals surface area (Å²) in [5.74, 6) is -0.397. The number of nitrogens with zero attached hydrogens (tertiary/aromatic N) is 1. The number of oxime groups is 1. The monoisotopic (exact) mass is 269 g/mol. The zero-order chi connectivity index (χ0) is 13.7. The van der Waals surface area contributed by atoms with Crippen molar-refractivity contribution in [1.82, 2.24) is 5.32 Å². The molecule has 1 amide bonds. The number of halogens is 1. The average molecular weight is 270 g/mol. The number of hydrogen-bond acceptors (Lipinski definition) is 3. The number of nitrogens with one attached hydrogen (secondary N) is 1. The zero-order valence-electron chi connectivity index (χ0n) is 10.3. The van der Waals surface area contributed by atoms with E-state index in [9.17, 15) is 4.79 Å². The molecule has 0 fully saturated rings. The summed E-state index contributed by atoms with van der Waals surface area (Å²) in [4.78, 5) is 11.8. The van der Waals surface area contributed by atoms with Crippen LogP contribution >= 0.6 is 11.6 Å². The molecule has 4 N–H and O–H groups in total. The number of rotatable bonds is 4. The van der Waals surface area contributed by atoms with Gasteiger partial charge in [0.15, 0.2) is 0 Å². The SMILES string of the molecule is Cc1ccc(C(=O)NCC(C)C(N)=NO)cc1Cl. The largest absolute Gasteiger partial charge is 0.409 e. The number of aryl methyl sites for hydroxylation is 1. The van der Waals surface area contributed by atoms with Gasteiger partial charge in [-0.15, -0.1) is 0 Å². The van der Waals surface area contributed by atoms with Crippen LogP contribution in [-0.2, 0) is 0 Å². The Morgan fingerprint density at radius 1 is 1.61 bits per heavy atom. The van der Waals surface area contributed by atoms with Crippen molar-refractivity contribution in [1.29, 1.82) is 0 Å². The van der Waals surface area contributed by atoms with Crippen molar-refractivity contribution in [3.63, 3.8) is 0 Å². The highest BCUT2D eigenvalue weighted by Gasteiger charge is 2.11. The lowest BCUT2D eigenvalue weighted by molar-refractivity contribution is 0.0951. The van der Waals surface area contributed by atoms with E-state index in [1.54, 1.807) is 25.1 Å². The van der Waals surface area contributed by atoms with Crippen LogP contribution in [0, 0.1) is 12.8 Å². The Morgan fingerprint density at radius 3 is 2.83 bits per heavy atom. The lowest BCUT2D eigenvalue weighted by atomic mass is 10.1. The lowest BCUT2D eigenvalue weighted by Gasteiger charge is -2.11. The van der Waals surface area contributed by atoms with E-state index in [0.717, 1.165) is 5.56 Å². The number of nitrogens with two attached hydrogens (primary N) is 1. The molecule has 0 aliphatic rings. The molecule has 18 heavy (non-hydrogen) atoms. The van der Waals surface area contributed by atoms with Crippen LogP contribution in [0.1, 0.15) is 22.8 Å². The predicted octanol–water partition coefficient (Wildman–Crippen LogP) is 1.76.